The molecule has 2 heterocycles. The molecule has 0 unspecified atom stereocenters. The maximum absolute atomic E-state index is 11.2. The van der Waals surface area contributed by atoms with Gasteiger partial charge < -0.3 is 4.57 Å². The van der Waals surface area contributed by atoms with Crippen molar-refractivity contribution < 1.29 is 8.42 Å². The van der Waals surface area contributed by atoms with E-state index in [1.807, 2.05) is 6.92 Å². The Balaban J connectivity index is 2.87. The van der Waals surface area contributed by atoms with Gasteiger partial charge in [0.15, 0.2) is 5.65 Å². The molecule has 2 rings (SSSR count). The quantitative estimate of drug-likeness (QED) is 0.786. The van der Waals surface area contributed by atoms with Crippen LogP contribution in [0.4, 0.5) is 0 Å². The number of pyridine rings is 1. The van der Waals surface area contributed by atoms with Gasteiger partial charge in [0.2, 0.25) is 5.16 Å². The van der Waals surface area contributed by atoms with E-state index in [1.165, 1.54) is 4.57 Å². The number of nitrogens with zero attached hydrogens (tertiary/aromatic N) is 3. The van der Waals surface area contributed by atoms with Gasteiger partial charge >= 0.3 is 0 Å². The van der Waals surface area contributed by atoms with Crippen molar-refractivity contribution in [3.63, 3.8) is 0 Å². The molecule has 15 heavy (non-hydrogen) atoms. The van der Waals surface area contributed by atoms with Crippen molar-refractivity contribution >= 4 is 21.2 Å². The first-order chi connectivity index (χ1) is 7.04. The van der Waals surface area contributed by atoms with E-state index in [0.29, 0.717) is 17.7 Å². The van der Waals surface area contributed by atoms with Crippen molar-refractivity contribution in [2.24, 2.45) is 5.14 Å². The summed E-state index contributed by atoms with van der Waals surface area (Å²) in [5, 5.41) is 4.92. The predicted molar refractivity (Wildman–Crippen MR) is 54.6 cm³/mol. The van der Waals surface area contributed by atoms with Crippen LogP contribution >= 0.6 is 0 Å². The van der Waals surface area contributed by atoms with Crippen LogP contribution in [0, 0.1) is 0 Å². The number of aryl methyl sites for hydroxylation is 1. The molecule has 0 aliphatic rings. The third kappa shape index (κ3) is 1.59. The summed E-state index contributed by atoms with van der Waals surface area (Å²) in [4.78, 5) is 7.87. The molecular formula is C8H10N4O2S. The molecule has 0 amide bonds. The van der Waals surface area contributed by atoms with Gasteiger partial charge in [0.25, 0.3) is 10.0 Å². The minimum atomic E-state index is -3.80. The highest BCUT2D eigenvalue weighted by Gasteiger charge is 2.19. The number of hydrogen-bond acceptors (Lipinski definition) is 4. The Labute approximate surface area is 86.8 Å². The molecule has 0 aliphatic heterocycles. The fraction of sp³-hybridized carbons (Fsp3) is 0.250. The molecule has 2 aromatic heterocycles. The molecule has 0 fully saturated rings. The summed E-state index contributed by atoms with van der Waals surface area (Å²) >= 11 is 0. The molecular weight excluding hydrogens is 216 g/mol. The minimum Gasteiger partial charge on any atom is -0.313 e. The van der Waals surface area contributed by atoms with Gasteiger partial charge in [-0.25, -0.2) is 18.5 Å². The fourth-order valence-corrected chi connectivity index (χ4v) is 2.21. The first-order valence-electron chi connectivity index (χ1n) is 4.38. The van der Waals surface area contributed by atoms with Crippen molar-refractivity contribution in [1.82, 2.24) is 14.5 Å². The summed E-state index contributed by atoms with van der Waals surface area (Å²) in [5.41, 5.74) is 1.06. The van der Waals surface area contributed by atoms with Gasteiger partial charge in [0.05, 0.1) is 5.52 Å². The zero-order valence-corrected chi connectivity index (χ0v) is 8.90. The number of sulfonamides is 1. The van der Waals surface area contributed by atoms with Crippen molar-refractivity contribution in [2.75, 3.05) is 0 Å². The Morgan fingerprint density at radius 1 is 1.53 bits per heavy atom. The number of aromatic nitrogens is 3. The SMILES string of the molecule is CCn1c(S(N)(=O)=O)nc2ncccc21. The molecule has 0 spiro atoms. The van der Waals surface area contributed by atoms with E-state index in [2.05, 4.69) is 9.97 Å². The summed E-state index contributed by atoms with van der Waals surface area (Å²) in [6, 6.07) is 3.48. The molecule has 0 saturated carbocycles. The molecule has 0 saturated heterocycles. The second-order valence-corrected chi connectivity index (χ2v) is 4.48. The van der Waals surface area contributed by atoms with Crippen molar-refractivity contribution in [3.05, 3.63) is 18.3 Å². The molecule has 0 bridgehead atoms. The Bertz CT molecular complexity index is 602. The second kappa shape index (κ2) is 3.28. The van der Waals surface area contributed by atoms with Crippen LogP contribution in [0.3, 0.4) is 0 Å². The van der Waals surface area contributed by atoms with Crippen molar-refractivity contribution in [3.8, 4) is 0 Å². The zero-order valence-electron chi connectivity index (χ0n) is 8.08. The maximum atomic E-state index is 11.2. The molecule has 6 nitrogen and oxygen atoms in total. The van der Waals surface area contributed by atoms with E-state index in [0.717, 1.165) is 0 Å². The number of fused-ring (bicyclic) bond motifs is 1. The zero-order chi connectivity index (χ0) is 11.1. The molecule has 0 radical (unpaired) electrons. The van der Waals surface area contributed by atoms with Crippen molar-refractivity contribution in [1.29, 1.82) is 0 Å². The standard InChI is InChI=1S/C8H10N4O2S/c1-2-12-6-4-3-5-10-7(6)11-8(12)15(9,13)14/h3-5H,2H2,1H3,(H2,9,13,14). The van der Waals surface area contributed by atoms with E-state index >= 15 is 0 Å². The molecule has 0 atom stereocenters. The van der Waals surface area contributed by atoms with Gasteiger partial charge in [-0.2, -0.15) is 4.98 Å². The third-order valence-electron chi connectivity index (χ3n) is 2.06. The number of imidazole rings is 1. The molecule has 0 aromatic carbocycles. The van der Waals surface area contributed by atoms with E-state index in [9.17, 15) is 8.42 Å². The lowest BCUT2D eigenvalue weighted by Gasteiger charge is -2.02. The topological polar surface area (TPSA) is 90.9 Å². The van der Waals surface area contributed by atoms with Crippen molar-refractivity contribution in [2.45, 2.75) is 18.6 Å². The highest BCUT2D eigenvalue weighted by atomic mass is 32.2. The average molecular weight is 226 g/mol. The monoisotopic (exact) mass is 226 g/mol. The summed E-state index contributed by atoms with van der Waals surface area (Å²) in [5.74, 6) is 0. The largest absolute Gasteiger partial charge is 0.313 e. The predicted octanol–water partition coefficient (Wildman–Crippen LogP) is 0.0986. The van der Waals surface area contributed by atoms with Crippen LogP contribution in [0.15, 0.2) is 23.5 Å². The third-order valence-corrected chi connectivity index (χ3v) is 2.88. The lowest BCUT2D eigenvalue weighted by atomic mass is 10.4. The normalized spacial score (nSPS) is 12.1. The molecule has 80 valence electrons. The van der Waals surface area contributed by atoms with Crippen LogP contribution in [0.2, 0.25) is 0 Å². The van der Waals surface area contributed by atoms with Crippen LogP contribution in [0.25, 0.3) is 11.2 Å². The van der Waals surface area contributed by atoms with Gasteiger partial charge in [-0.05, 0) is 19.1 Å². The lowest BCUT2D eigenvalue weighted by molar-refractivity contribution is 0.574. The Morgan fingerprint density at radius 3 is 2.87 bits per heavy atom. The number of rotatable bonds is 2. The van der Waals surface area contributed by atoms with Gasteiger partial charge in [-0.1, -0.05) is 0 Å². The van der Waals surface area contributed by atoms with Gasteiger partial charge in [-0.3, -0.25) is 0 Å². The first-order valence-corrected chi connectivity index (χ1v) is 5.92. The Kier molecular flexibility index (Phi) is 2.20. The van der Waals surface area contributed by atoms with Crippen LogP contribution in [-0.2, 0) is 16.6 Å². The van der Waals surface area contributed by atoms with Crippen LogP contribution in [0.1, 0.15) is 6.92 Å². The Morgan fingerprint density at radius 2 is 2.27 bits per heavy atom. The number of nitrogens with two attached hydrogens (primary N) is 1. The van der Waals surface area contributed by atoms with Crippen LogP contribution in [-0.4, -0.2) is 23.0 Å². The minimum absolute atomic E-state index is 0.140. The molecule has 7 heteroatoms. The van der Waals surface area contributed by atoms with Gasteiger partial charge in [0.1, 0.15) is 0 Å². The maximum Gasteiger partial charge on any atom is 0.272 e. The average Bonchev–Trinajstić information content (AvgIpc) is 2.55. The molecule has 2 N–H and O–H groups in total. The summed E-state index contributed by atoms with van der Waals surface area (Å²) in [6.07, 6.45) is 1.56. The second-order valence-electron chi connectivity index (χ2n) is 3.03. The van der Waals surface area contributed by atoms with E-state index < -0.39 is 10.0 Å². The van der Waals surface area contributed by atoms with Gasteiger partial charge in [-0.15, -0.1) is 0 Å². The summed E-state index contributed by atoms with van der Waals surface area (Å²) < 4.78 is 24.0. The first kappa shape index (κ1) is 10.1. The van der Waals surface area contributed by atoms with E-state index in [1.54, 1.807) is 18.3 Å². The molecule has 0 aliphatic carbocycles. The Hall–Kier alpha value is -1.47. The lowest BCUT2D eigenvalue weighted by Crippen LogP contribution is -2.18. The highest BCUT2D eigenvalue weighted by molar-refractivity contribution is 7.89. The fourth-order valence-electron chi connectivity index (χ4n) is 1.46. The summed E-state index contributed by atoms with van der Waals surface area (Å²) in [7, 11) is -3.80. The van der Waals surface area contributed by atoms with Crippen LogP contribution in [0.5, 0.6) is 0 Å². The summed E-state index contributed by atoms with van der Waals surface area (Å²) in [6.45, 7) is 2.30. The van der Waals surface area contributed by atoms with E-state index in [-0.39, 0.29) is 5.16 Å². The highest BCUT2D eigenvalue weighted by Crippen LogP contribution is 2.16. The van der Waals surface area contributed by atoms with Crippen LogP contribution < -0.4 is 5.14 Å². The van der Waals surface area contributed by atoms with Gasteiger partial charge in [0, 0.05) is 12.7 Å². The number of primary sulfonamides is 1. The van der Waals surface area contributed by atoms with E-state index in [4.69, 9.17) is 5.14 Å². The molecule has 2 aromatic rings. The smallest absolute Gasteiger partial charge is 0.272 e. The number of hydrogen-bond donors (Lipinski definition) is 1.